The number of carboxylic acid groups (broad SMARTS) is 1. The van der Waals surface area contributed by atoms with Gasteiger partial charge < -0.3 is 9.84 Å². The summed E-state index contributed by atoms with van der Waals surface area (Å²) in [5, 5.41) is 9.93. The minimum absolute atomic E-state index is 0.363. The first-order valence-corrected chi connectivity index (χ1v) is 8.40. The summed E-state index contributed by atoms with van der Waals surface area (Å²) in [5.74, 6) is 0.795. The third kappa shape index (κ3) is 3.89. The van der Waals surface area contributed by atoms with E-state index in [1.54, 1.807) is 6.07 Å². The molecule has 1 N–H and O–H groups in total. The Morgan fingerprint density at radius 1 is 1.29 bits per heavy atom. The summed E-state index contributed by atoms with van der Waals surface area (Å²) in [4.78, 5) is 13.3. The molecule has 24 heavy (non-hydrogen) atoms. The zero-order chi connectivity index (χ0) is 17.1. The number of carboxylic acids is 1. The number of hydrogen-bond donors (Lipinski definition) is 1. The van der Waals surface area contributed by atoms with Crippen molar-refractivity contribution in [1.29, 1.82) is 0 Å². The summed E-state index contributed by atoms with van der Waals surface area (Å²) in [6.07, 6.45) is 1.67. The Morgan fingerprint density at radius 2 is 2.04 bits per heavy atom. The van der Waals surface area contributed by atoms with Gasteiger partial charge in [-0.15, -0.1) is 0 Å². The zero-order valence-electron chi connectivity index (χ0n) is 13.5. The maximum Gasteiger partial charge on any atom is 0.320 e. The summed E-state index contributed by atoms with van der Waals surface area (Å²) in [7, 11) is 0. The highest BCUT2D eigenvalue weighted by molar-refractivity contribution is 6.30. The van der Waals surface area contributed by atoms with Gasteiger partial charge in [-0.25, -0.2) is 0 Å². The molecule has 3 rings (SSSR count). The predicted molar refractivity (Wildman–Crippen MR) is 93.8 cm³/mol. The van der Waals surface area contributed by atoms with Gasteiger partial charge in [0.1, 0.15) is 17.5 Å². The van der Waals surface area contributed by atoms with Crippen molar-refractivity contribution in [2.75, 3.05) is 6.54 Å². The molecule has 2 aromatic carbocycles. The minimum atomic E-state index is -0.731. The summed E-state index contributed by atoms with van der Waals surface area (Å²) in [6.45, 7) is 3.44. The van der Waals surface area contributed by atoms with E-state index in [9.17, 15) is 9.90 Å². The first kappa shape index (κ1) is 16.8. The molecule has 1 heterocycles. The third-order valence-corrected chi connectivity index (χ3v) is 4.56. The summed E-state index contributed by atoms with van der Waals surface area (Å²) in [6, 6.07) is 13.0. The molecule has 0 unspecified atom stereocenters. The second-order valence-electron chi connectivity index (χ2n) is 6.12. The Morgan fingerprint density at radius 3 is 2.71 bits per heavy atom. The van der Waals surface area contributed by atoms with E-state index >= 15 is 0 Å². The van der Waals surface area contributed by atoms with Crippen LogP contribution in [0, 0.1) is 6.92 Å². The minimum Gasteiger partial charge on any atom is -0.480 e. The number of ether oxygens (including phenoxy) is 1. The van der Waals surface area contributed by atoms with Gasteiger partial charge in [0.25, 0.3) is 0 Å². The Bertz CT molecular complexity index is 730. The first-order chi connectivity index (χ1) is 11.5. The van der Waals surface area contributed by atoms with Gasteiger partial charge in [-0.2, -0.15) is 0 Å². The number of nitrogens with zero attached hydrogens (tertiary/aromatic N) is 1. The average molecular weight is 346 g/mol. The lowest BCUT2D eigenvalue weighted by Crippen LogP contribution is -2.35. The Labute approximate surface area is 146 Å². The molecule has 1 aliphatic rings. The molecule has 0 radical (unpaired) electrons. The maximum atomic E-state index is 11.2. The van der Waals surface area contributed by atoms with Gasteiger partial charge in [-0.3, -0.25) is 9.69 Å². The predicted octanol–water partition coefficient (Wildman–Crippen LogP) is 4.49. The van der Waals surface area contributed by atoms with Crippen LogP contribution in [0.4, 0.5) is 0 Å². The van der Waals surface area contributed by atoms with E-state index < -0.39 is 5.97 Å². The van der Waals surface area contributed by atoms with E-state index in [4.69, 9.17) is 16.3 Å². The van der Waals surface area contributed by atoms with Gasteiger partial charge in [0.05, 0.1) is 0 Å². The molecule has 0 bridgehead atoms. The maximum absolute atomic E-state index is 11.2. The molecule has 0 saturated carbocycles. The van der Waals surface area contributed by atoms with E-state index in [0.717, 1.165) is 42.0 Å². The molecule has 5 heteroatoms. The fourth-order valence-electron chi connectivity index (χ4n) is 3.05. The number of hydrogen-bond acceptors (Lipinski definition) is 3. The highest BCUT2D eigenvalue weighted by atomic mass is 35.5. The van der Waals surface area contributed by atoms with Gasteiger partial charge in [-0.1, -0.05) is 23.7 Å². The van der Waals surface area contributed by atoms with Crippen LogP contribution in [0.15, 0.2) is 42.5 Å². The van der Waals surface area contributed by atoms with Crippen LogP contribution in [0.3, 0.4) is 0 Å². The molecule has 0 aromatic heterocycles. The monoisotopic (exact) mass is 345 g/mol. The van der Waals surface area contributed by atoms with E-state index in [0.29, 0.717) is 11.6 Å². The molecular weight excluding hydrogens is 326 g/mol. The van der Waals surface area contributed by atoms with Gasteiger partial charge in [0.2, 0.25) is 0 Å². The number of rotatable bonds is 5. The van der Waals surface area contributed by atoms with Crippen molar-refractivity contribution < 1.29 is 14.6 Å². The third-order valence-electron chi connectivity index (χ3n) is 4.32. The zero-order valence-corrected chi connectivity index (χ0v) is 14.3. The number of aliphatic carboxylic acids is 1. The van der Waals surface area contributed by atoms with Crippen molar-refractivity contribution in [3.8, 4) is 11.5 Å². The lowest BCUT2D eigenvalue weighted by atomic mass is 10.1. The summed E-state index contributed by atoms with van der Waals surface area (Å²) in [5.41, 5.74) is 2.07. The molecule has 1 atom stereocenters. The molecule has 126 valence electrons. The lowest BCUT2D eigenvalue weighted by Gasteiger charge is -2.21. The van der Waals surface area contributed by atoms with E-state index in [-0.39, 0.29) is 6.04 Å². The van der Waals surface area contributed by atoms with Crippen molar-refractivity contribution in [1.82, 2.24) is 4.90 Å². The fraction of sp³-hybridized carbons (Fsp3) is 0.316. The average Bonchev–Trinajstić information content (AvgIpc) is 3.00. The summed E-state index contributed by atoms with van der Waals surface area (Å²) < 4.78 is 5.88. The van der Waals surface area contributed by atoms with Crippen molar-refractivity contribution in [2.45, 2.75) is 32.4 Å². The Balaban J connectivity index is 1.66. The smallest absolute Gasteiger partial charge is 0.320 e. The number of halogens is 1. The molecule has 1 aliphatic heterocycles. The quantitative estimate of drug-likeness (QED) is 0.867. The van der Waals surface area contributed by atoms with Crippen LogP contribution in [0.1, 0.15) is 24.0 Å². The standard InChI is InChI=1S/C19H20ClNO3/c1-13-11-15(20)6-9-18(13)24-16-7-4-14(5-8-16)12-21-10-2-3-17(21)19(22)23/h4-9,11,17H,2-3,10,12H2,1H3,(H,22,23)/t17-/m0/s1. The number of aryl methyl sites for hydroxylation is 1. The van der Waals surface area contributed by atoms with E-state index in [1.165, 1.54) is 0 Å². The highest BCUT2D eigenvalue weighted by Crippen LogP contribution is 2.28. The van der Waals surface area contributed by atoms with Crippen LogP contribution < -0.4 is 4.74 Å². The normalized spacial score (nSPS) is 17.8. The number of benzene rings is 2. The van der Waals surface area contributed by atoms with E-state index in [2.05, 4.69) is 0 Å². The first-order valence-electron chi connectivity index (χ1n) is 8.03. The molecule has 1 saturated heterocycles. The molecule has 0 spiro atoms. The van der Waals surface area contributed by atoms with Crippen molar-refractivity contribution in [3.63, 3.8) is 0 Å². The molecule has 4 nitrogen and oxygen atoms in total. The Hall–Kier alpha value is -2.04. The van der Waals surface area contributed by atoms with Gasteiger partial charge in [0.15, 0.2) is 0 Å². The van der Waals surface area contributed by atoms with Crippen molar-refractivity contribution in [2.24, 2.45) is 0 Å². The fourth-order valence-corrected chi connectivity index (χ4v) is 3.27. The van der Waals surface area contributed by atoms with Crippen LogP contribution >= 0.6 is 11.6 Å². The van der Waals surface area contributed by atoms with Crippen LogP contribution in [0.2, 0.25) is 5.02 Å². The molecule has 0 aliphatic carbocycles. The second kappa shape index (κ2) is 7.24. The molecular formula is C19H20ClNO3. The van der Waals surface area contributed by atoms with E-state index in [1.807, 2.05) is 48.2 Å². The van der Waals surface area contributed by atoms with Crippen LogP contribution in [0.5, 0.6) is 11.5 Å². The van der Waals surface area contributed by atoms with Gasteiger partial charge in [-0.05, 0) is 67.8 Å². The van der Waals surface area contributed by atoms with Gasteiger partial charge >= 0.3 is 5.97 Å². The molecule has 2 aromatic rings. The van der Waals surface area contributed by atoms with Crippen LogP contribution in [-0.2, 0) is 11.3 Å². The van der Waals surface area contributed by atoms with Gasteiger partial charge in [0, 0.05) is 11.6 Å². The lowest BCUT2D eigenvalue weighted by molar-refractivity contribution is -0.142. The second-order valence-corrected chi connectivity index (χ2v) is 6.56. The SMILES string of the molecule is Cc1cc(Cl)ccc1Oc1ccc(CN2CCC[C@H]2C(=O)O)cc1. The highest BCUT2D eigenvalue weighted by Gasteiger charge is 2.30. The molecule has 0 amide bonds. The molecule has 1 fully saturated rings. The number of carbonyl (C=O) groups is 1. The van der Waals surface area contributed by atoms with Crippen LogP contribution in [-0.4, -0.2) is 28.6 Å². The number of likely N-dealkylation sites (tertiary alicyclic amines) is 1. The van der Waals surface area contributed by atoms with Crippen molar-refractivity contribution >= 4 is 17.6 Å². The largest absolute Gasteiger partial charge is 0.480 e. The Kier molecular flexibility index (Phi) is 5.07. The topological polar surface area (TPSA) is 49.8 Å². The van der Waals surface area contributed by atoms with Crippen LogP contribution in [0.25, 0.3) is 0 Å². The summed E-state index contributed by atoms with van der Waals surface area (Å²) >= 11 is 5.95. The van der Waals surface area contributed by atoms with Crippen molar-refractivity contribution in [3.05, 3.63) is 58.6 Å².